The van der Waals surface area contributed by atoms with Crippen LogP contribution in [-0.4, -0.2) is 17.2 Å². The molecule has 3 heteroatoms. The summed E-state index contributed by atoms with van der Waals surface area (Å²) in [5, 5.41) is 0. The molecule has 0 aromatic heterocycles. The molecule has 0 saturated carbocycles. The van der Waals surface area contributed by atoms with Gasteiger partial charge in [0.25, 0.3) is 0 Å². The topological polar surface area (TPSA) is 15.6 Å². The zero-order valence-electron chi connectivity index (χ0n) is 21.3. The van der Waals surface area contributed by atoms with Crippen LogP contribution in [0.5, 0.6) is 0 Å². The van der Waals surface area contributed by atoms with Gasteiger partial charge in [0, 0.05) is 40.4 Å². The standard InChI is InChI=1S/C23H32IN.C8H7N/c1-6-16-25-21-14-11-10-13-20(21)23(4,5)22(25)15-9-7-8-12-19(17-24)18(2)3;1-2-4-8-7(3-1)5-6-9-8/h7-15,18-19H,6,16-17H2,1-5H3;1-4,6H,5H2. The molecule has 0 fully saturated rings. The van der Waals surface area contributed by atoms with E-state index in [0.29, 0.717) is 11.8 Å². The predicted octanol–water partition coefficient (Wildman–Crippen LogP) is 8.84. The van der Waals surface area contributed by atoms with Gasteiger partial charge in [0.2, 0.25) is 0 Å². The molecule has 1 atom stereocenters. The van der Waals surface area contributed by atoms with Crippen LogP contribution in [0, 0.1) is 11.8 Å². The number of rotatable bonds is 7. The van der Waals surface area contributed by atoms with Crippen molar-refractivity contribution in [2.75, 3.05) is 15.9 Å². The van der Waals surface area contributed by atoms with Gasteiger partial charge in [-0.05, 0) is 47.6 Å². The normalized spacial score (nSPS) is 18.0. The second-order valence-corrected chi connectivity index (χ2v) is 10.7. The lowest BCUT2D eigenvalue weighted by Crippen LogP contribution is -2.26. The highest BCUT2D eigenvalue weighted by molar-refractivity contribution is 14.1. The van der Waals surface area contributed by atoms with Crippen molar-refractivity contribution < 1.29 is 0 Å². The van der Waals surface area contributed by atoms with Crippen LogP contribution < -0.4 is 4.90 Å². The van der Waals surface area contributed by atoms with E-state index >= 15 is 0 Å². The molecule has 0 aliphatic carbocycles. The zero-order chi connectivity index (χ0) is 24.6. The van der Waals surface area contributed by atoms with Gasteiger partial charge in [0.15, 0.2) is 0 Å². The molecule has 0 N–H and O–H groups in total. The first-order valence-electron chi connectivity index (χ1n) is 12.5. The molecule has 2 aliphatic heterocycles. The van der Waals surface area contributed by atoms with Gasteiger partial charge < -0.3 is 4.90 Å². The lowest BCUT2D eigenvalue weighted by atomic mass is 9.84. The zero-order valence-corrected chi connectivity index (χ0v) is 23.5. The number of para-hydroxylation sites is 2. The van der Waals surface area contributed by atoms with E-state index in [2.05, 4.69) is 128 Å². The summed E-state index contributed by atoms with van der Waals surface area (Å²) in [5.74, 6) is 1.35. The van der Waals surface area contributed by atoms with Gasteiger partial charge in [-0.15, -0.1) is 0 Å². The third-order valence-corrected chi connectivity index (χ3v) is 7.67. The maximum atomic E-state index is 4.17. The Hall–Kier alpha value is -2.14. The molecule has 2 heterocycles. The predicted molar refractivity (Wildman–Crippen MR) is 159 cm³/mol. The lowest BCUT2D eigenvalue weighted by molar-refractivity contribution is 0.517. The first kappa shape index (κ1) is 26.5. The van der Waals surface area contributed by atoms with Crippen LogP contribution in [0.25, 0.3) is 0 Å². The Labute approximate surface area is 220 Å². The number of benzene rings is 2. The number of aliphatic imine (C=N–C) groups is 1. The summed E-state index contributed by atoms with van der Waals surface area (Å²) < 4.78 is 1.17. The Balaban J connectivity index is 0.000000296. The fourth-order valence-electron chi connectivity index (χ4n) is 4.53. The Morgan fingerprint density at radius 1 is 1.03 bits per heavy atom. The van der Waals surface area contributed by atoms with Crippen molar-refractivity contribution in [2.45, 2.75) is 52.9 Å². The molecule has 2 aromatic rings. The first-order chi connectivity index (χ1) is 16.4. The summed E-state index contributed by atoms with van der Waals surface area (Å²) in [6.45, 7) is 12.6. The van der Waals surface area contributed by atoms with Crippen molar-refractivity contribution in [1.29, 1.82) is 0 Å². The fourth-order valence-corrected chi connectivity index (χ4v) is 5.84. The summed E-state index contributed by atoms with van der Waals surface area (Å²) in [7, 11) is 0. The highest BCUT2D eigenvalue weighted by atomic mass is 127. The molecular weight excluding hydrogens is 527 g/mol. The number of anilines is 1. The van der Waals surface area contributed by atoms with Crippen molar-refractivity contribution in [3.8, 4) is 0 Å². The molecular formula is C31H39IN2. The van der Waals surface area contributed by atoms with Gasteiger partial charge in [0.05, 0.1) is 5.69 Å². The van der Waals surface area contributed by atoms with E-state index in [1.807, 2.05) is 24.4 Å². The molecule has 180 valence electrons. The maximum Gasteiger partial charge on any atom is 0.0661 e. The molecule has 2 aromatic carbocycles. The highest BCUT2D eigenvalue weighted by Crippen LogP contribution is 2.47. The van der Waals surface area contributed by atoms with Crippen LogP contribution in [0.1, 0.15) is 52.2 Å². The minimum Gasteiger partial charge on any atom is -0.344 e. The molecule has 0 saturated heterocycles. The van der Waals surface area contributed by atoms with Crippen LogP contribution in [0.4, 0.5) is 11.4 Å². The second kappa shape index (κ2) is 12.5. The first-order valence-corrected chi connectivity index (χ1v) is 14.0. The van der Waals surface area contributed by atoms with E-state index in [4.69, 9.17) is 0 Å². The van der Waals surface area contributed by atoms with Gasteiger partial charge in [0.1, 0.15) is 0 Å². The fraction of sp³-hybridized carbons (Fsp3) is 0.387. The quantitative estimate of drug-likeness (QED) is 0.186. The monoisotopic (exact) mass is 566 g/mol. The molecule has 1 unspecified atom stereocenters. The summed E-state index contributed by atoms with van der Waals surface area (Å²) in [6, 6.07) is 17.1. The van der Waals surface area contributed by atoms with E-state index in [0.717, 1.165) is 25.1 Å². The largest absolute Gasteiger partial charge is 0.344 e. The molecule has 2 aliphatic rings. The number of allylic oxidation sites excluding steroid dienone is 6. The second-order valence-electron chi connectivity index (χ2n) is 9.82. The van der Waals surface area contributed by atoms with Gasteiger partial charge >= 0.3 is 0 Å². The van der Waals surface area contributed by atoms with Crippen LogP contribution in [0.15, 0.2) is 89.6 Å². The molecule has 2 nitrogen and oxygen atoms in total. The number of nitrogens with zero attached hydrogens (tertiary/aromatic N) is 2. The van der Waals surface area contributed by atoms with Crippen LogP contribution >= 0.6 is 22.6 Å². The Bertz CT molecular complexity index is 1060. The highest BCUT2D eigenvalue weighted by Gasteiger charge is 2.38. The Morgan fingerprint density at radius 2 is 1.76 bits per heavy atom. The Kier molecular flexibility index (Phi) is 9.75. The third-order valence-electron chi connectivity index (χ3n) is 6.65. The van der Waals surface area contributed by atoms with Crippen molar-refractivity contribution in [2.24, 2.45) is 16.8 Å². The van der Waals surface area contributed by atoms with Crippen molar-refractivity contribution in [3.05, 3.63) is 95.7 Å². The lowest BCUT2D eigenvalue weighted by Gasteiger charge is -2.26. The molecule has 0 radical (unpaired) electrons. The maximum absolute atomic E-state index is 4.17. The number of hydrogen-bond acceptors (Lipinski definition) is 2. The third kappa shape index (κ3) is 6.29. The van der Waals surface area contributed by atoms with Crippen LogP contribution in [0.2, 0.25) is 0 Å². The smallest absolute Gasteiger partial charge is 0.0661 e. The van der Waals surface area contributed by atoms with Gasteiger partial charge in [-0.2, -0.15) is 0 Å². The van der Waals surface area contributed by atoms with Crippen LogP contribution in [0.3, 0.4) is 0 Å². The van der Waals surface area contributed by atoms with E-state index < -0.39 is 0 Å². The van der Waals surface area contributed by atoms with Gasteiger partial charge in [-0.3, -0.25) is 4.99 Å². The van der Waals surface area contributed by atoms with Gasteiger partial charge in [-0.25, -0.2) is 0 Å². The molecule has 0 bridgehead atoms. The van der Waals surface area contributed by atoms with Crippen molar-refractivity contribution in [1.82, 2.24) is 0 Å². The van der Waals surface area contributed by atoms with Crippen molar-refractivity contribution >= 4 is 40.2 Å². The summed E-state index contributed by atoms with van der Waals surface area (Å²) >= 11 is 2.48. The SMILES string of the molecule is C1=Nc2ccccc2C1.CCCN1C(=CC=CC=CC(CI)C(C)C)C(C)(C)c2ccccc21. The summed E-state index contributed by atoms with van der Waals surface area (Å²) in [4.78, 5) is 6.67. The minimum absolute atomic E-state index is 0.0580. The Morgan fingerprint density at radius 3 is 2.47 bits per heavy atom. The molecule has 4 rings (SSSR count). The average molecular weight is 567 g/mol. The van der Waals surface area contributed by atoms with Crippen LogP contribution in [-0.2, 0) is 11.8 Å². The average Bonchev–Trinajstić information content (AvgIpc) is 3.39. The number of alkyl halides is 1. The number of halogens is 1. The molecule has 0 amide bonds. The number of fused-ring (bicyclic) bond motifs is 2. The van der Waals surface area contributed by atoms with E-state index in [1.54, 1.807) is 0 Å². The van der Waals surface area contributed by atoms with Gasteiger partial charge in [-0.1, -0.05) is 118 Å². The van der Waals surface area contributed by atoms with E-state index in [-0.39, 0.29) is 5.41 Å². The van der Waals surface area contributed by atoms with E-state index in [1.165, 1.54) is 26.9 Å². The minimum atomic E-state index is 0.0580. The molecule has 34 heavy (non-hydrogen) atoms. The number of hydrogen-bond donors (Lipinski definition) is 0. The van der Waals surface area contributed by atoms with Crippen molar-refractivity contribution in [3.63, 3.8) is 0 Å². The summed E-state index contributed by atoms with van der Waals surface area (Å²) in [5.41, 5.74) is 6.74. The van der Waals surface area contributed by atoms with E-state index in [9.17, 15) is 0 Å². The molecule has 0 spiro atoms. The summed E-state index contributed by atoms with van der Waals surface area (Å²) in [6.07, 6.45) is 15.3.